The van der Waals surface area contributed by atoms with Gasteiger partial charge in [0.2, 0.25) is 0 Å². The van der Waals surface area contributed by atoms with Crippen LogP contribution in [0.5, 0.6) is 0 Å². The first kappa shape index (κ1) is 15.8. The molecule has 0 atom stereocenters. The van der Waals surface area contributed by atoms with E-state index in [2.05, 4.69) is 30.7 Å². The summed E-state index contributed by atoms with van der Waals surface area (Å²) in [4.78, 5) is 19.4. The van der Waals surface area contributed by atoms with Gasteiger partial charge in [-0.25, -0.2) is 0 Å². The van der Waals surface area contributed by atoms with Crippen LogP contribution in [0, 0.1) is 5.92 Å². The Kier molecular flexibility index (Phi) is 5.46. The number of likely N-dealkylation sites (N-methyl/N-ethyl adjacent to an activating group) is 1. The highest BCUT2D eigenvalue weighted by atomic mass is 32.2. The van der Waals surface area contributed by atoms with Crippen LogP contribution in [0.4, 0.5) is 0 Å². The van der Waals surface area contributed by atoms with Crippen molar-refractivity contribution in [3.05, 3.63) is 11.1 Å². The maximum absolute atomic E-state index is 12.4. The van der Waals surface area contributed by atoms with Crippen LogP contribution in [0.1, 0.15) is 20.3 Å². The van der Waals surface area contributed by atoms with E-state index >= 15 is 0 Å². The molecule has 2 aliphatic rings. The monoisotopic (exact) mass is 313 g/mol. The van der Waals surface area contributed by atoms with E-state index in [-0.39, 0.29) is 5.91 Å². The zero-order chi connectivity index (χ0) is 14.7. The minimum atomic E-state index is 0.0829. The van der Waals surface area contributed by atoms with Crippen molar-refractivity contribution in [2.24, 2.45) is 5.92 Å². The summed E-state index contributed by atoms with van der Waals surface area (Å²) in [6, 6.07) is 0. The van der Waals surface area contributed by atoms with E-state index in [1.807, 2.05) is 6.20 Å². The Labute approximate surface area is 131 Å². The van der Waals surface area contributed by atoms with Crippen molar-refractivity contribution < 1.29 is 4.79 Å². The number of carbonyl (C=O) groups excluding carboxylic acids is 1. The summed E-state index contributed by atoms with van der Waals surface area (Å²) in [5.74, 6) is 0.667. The van der Waals surface area contributed by atoms with Gasteiger partial charge in [0.25, 0.3) is 5.91 Å². The van der Waals surface area contributed by atoms with Crippen LogP contribution < -0.4 is 0 Å². The maximum Gasteiger partial charge on any atom is 0.267 e. The third-order valence-corrected chi connectivity index (χ3v) is 5.01. The van der Waals surface area contributed by atoms with Crippen molar-refractivity contribution in [2.45, 2.75) is 20.3 Å². The largest absolute Gasteiger partial charge is 0.374 e. The molecule has 0 spiro atoms. The van der Waals surface area contributed by atoms with Crippen LogP contribution in [-0.2, 0) is 4.79 Å². The molecule has 2 aliphatic heterocycles. The molecule has 0 saturated carbocycles. The standard InChI is InChI=1S/C14H23N3OS2/c1-11(2)4-5-17-13(18)12(20-14(17)19)10-16-8-6-15(3)7-9-16/h10-11H,4-9H2,1-3H3. The number of piperazine rings is 1. The van der Waals surface area contributed by atoms with Gasteiger partial charge in [-0.15, -0.1) is 0 Å². The van der Waals surface area contributed by atoms with Gasteiger partial charge in [0, 0.05) is 38.9 Å². The second-order valence-electron chi connectivity index (χ2n) is 5.84. The van der Waals surface area contributed by atoms with Gasteiger partial charge in [-0.3, -0.25) is 9.69 Å². The molecule has 20 heavy (non-hydrogen) atoms. The van der Waals surface area contributed by atoms with Gasteiger partial charge in [-0.05, 0) is 19.4 Å². The normalized spacial score (nSPS) is 23.5. The highest BCUT2D eigenvalue weighted by Gasteiger charge is 2.32. The lowest BCUT2D eigenvalue weighted by atomic mass is 10.1. The van der Waals surface area contributed by atoms with Crippen LogP contribution in [-0.4, -0.2) is 64.7 Å². The Balaban J connectivity index is 1.96. The SMILES string of the molecule is CC(C)CCN1C(=O)C(=CN2CCN(C)CC2)SC1=S. The Bertz CT molecular complexity index is 415. The van der Waals surface area contributed by atoms with Gasteiger partial charge >= 0.3 is 0 Å². The number of hydrogen-bond acceptors (Lipinski definition) is 5. The van der Waals surface area contributed by atoms with E-state index in [4.69, 9.17) is 12.2 Å². The molecule has 0 aromatic carbocycles. The Morgan fingerprint density at radius 1 is 1.30 bits per heavy atom. The highest BCUT2D eigenvalue weighted by Crippen LogP contribution is 2.31. The third kappa shape index (κ3) is 3.96. The zero-order valence-electron chi connectivity index (χ0n) is 12.5. The lowest BCUT2D eigenvalue weighted by Crippen LogP contribution is -2.42. The van der Waals surface area contributed by atoms with E-state index in [9.17, 15) is 4.79 Å². The quantitative estimate of drug-likeness (QED) is 0.584. The van der Waals surface area contributed by atoms with E-state index in [0.29, 0.717) is 10.2 Å². The smallest absolute Gasteiger partial charge is 0.267 e. The summed E-state index contributed by atoms with van der Waals surface area (Å²) in [5, 5.41) is 0. The number of thiocarbonyl (C=S) groups is 1. The average molecular weight is 313 g/mol. The van der Waals surface area contributed by atoms with Crippen molar-refractivity contribution in [1.29, 1.82) is 0 Å². The molecule has 0 bridgehead atoms. The third-order valence-electron chi connectivity index (χ3n) is 3.64. The summed E-state index contributed by atoms with van der Waals surface area (Å²) in [5.41, 5.74) is 0. The topological polar surface area (TPSA) is 26.8 Å². The predicted molar refractivity (Wildman–Crippen MR) is 88.5 cm³/mol. The molecule has 0 aromatic rings. The molecule has 4 nitrogen and oxygen atoms in total. The minimum Gasteiger partial charge on any atom is -0.374 e. The Hall–Kier alpha value is -0.590. The molecule has 0 unspecified atom stereocenters. The van der Waals surface area contributed by atoms with Crippen LogP contribution in [0.15, 0.2) is 11.1 Å². The lowest BCUT2D eigenvalue weighted by Gasteiger charge is -2.31. The molecule has 112 valence electrons. The van der Waals surface area contributed by atoms with E-state index in [0.717, 1.165) is 44.0 Å². The Morgan fingerprint density at radius 2 is 1.95 bits per heavy atom. The van der Waals surface area contributed by atoms with Gasteiger partial charge in [-0.2, -0.15) is 0 Å². The summed E-state index contributed by atoms with van der Waals surface area (Å²) in [6.45, 7) is 9.12. The number of nitrogens with zero attached hydrogens (tertiary/aromatic N) is 3. The van der Waals surface area contributed by atoms with Gasteiger partial charge < -0.3 is 9.80 Å². The van der Waals surface area contributed by atoms with Crippen molar-refractivity contribution in [1.82, 2.24) is 14.7 Å². The number of rotatable bonds is 4. The predicted octanol–water partition coefficient (Wildman–Crippen LogP) is 1.98. The fourth-order valence-electron chi connectivity index (χ4n) is 2.19. The molecular formula is C14H23N3OS2. The molecule has 1 amide bonds. The van der Waals surface area contributed by atoms with Crippen molar-refractivity contribution in [2.75, 3.05) is 39.8 Å². The fourth-order valence-corrected chi connectivity index (χ4v) is 3.50. The second-order valence-corrected chi connectivity index (χ2v) is 7.52. The maximum atomic E-state index is 12.4. The van der Waals surface area contributed by atoms with Gasteiger partial charge in [0.15, 0.2) is 0 Å². The van der Waals surface area contributed by atoms with E-state index in [1.165, 1.54) is 11.8 Å². The molecule has 2 heterocycles. The molecule has 0 N–H and O–H groups in total. The number of amides is 1. The molecule has 6 heteroatoms. The minimum absolute atomic E-state index is 0.0829. The molecular weight excluding hydrogens is 290 g/mol. The van der Waals surface area contributed by atoms with E-state index < -0.39 is 0 Å². The zero-order valence-corrected chi connectivity index (χ0v) is 14.1. The molecule has 0 radical (unpaired) electrons. The van der Waals surface area contributed by atoms with Crippen molar-refractivity contribution >= 4 is 34.2 Å². The summed E-state index contributed by atoms with van der Waals surface area (Å²) < 4.78 is 0.705. The first-order valence-corrected chi connectivity index (χ1v) is 8.38. The Morgan fingerprint density at radius 3 is 2.55 bits per heavy atom. The molecule has 2 rings (SSSR count). The summed E-state index contributed by atoms with van der Waals surface area (Å²) >= 11 is 6.78. The van der Waals surface area contributed by atoms with Gasteiger partial charge in [-0.1, -0.05) is 37.8 Å². The van der Waals surface area contributed by atoms with Gasteiger partial charge in [0.1, 0.15) is 4.32 Å². The number of hydrogen-bond donors (Lipinski definition) is 0. The van der Waals surface area contributed by atoms with E-state index in [1.54, 1.807) is 4.90 Å². The van der Waals surface area contributed by atoms with Crippen molar-refractivity contribution in [3.8, 4) is 0 Å². The summed E-state index contributed by atoms with van der Waals surface area (Å²) in [6.07, 6.45) is 3.00. The van der Waals surface area contributed by atoms with Crippen LogP contribution in [0.3, 0.4) is 0 Å². The molecule has 2 fully saturated rings. The number of thioether (sulfide) groups is 1. The molecule has 0 aromatic heterocycles. The molecule has 0 aliphatic carbocycles. The lowest BCUT2D eigenvalue weighted by molar-refractivity contribution is -0.122. The van der Waals surface area contributed by atoms with Gasteiger partial charge in [0.05, 0.1) is 4.91 Å². The summed E-state index contributed by atoms with van der Waals surface area (Å²) in [7, 11) is 2.13. The molecule has 2 saturated heterocycles. The van der Waals surface area contributed by atoms with Crippen molar-refractivity contribution in [3.63, 3.8) is 0 Å². The average Bonchev–Trinajstić information content (AvgIpc) is 2.65. The van der Waals surface area contributed by atoms with Crippen LogP contribution in [0.2, 0.25) is 0 Å². The van der Waals surface area contributed by atoms with Crippen LogP contribution in [0.25, 0.3) is 0 Å². The fraction of sp³-hybridized carbons (Fsp3) is 0.714. The second kappa shape index (κ2) is 6.91. The highest BCUT2D eigenvalue weighted by molar-refractivity contribution is 8.26. The first-order chi connectivity index (χ1) is 9.47. The first-order valence-electron chi connectivity index (χ1n) is 7.15. The number of carbonyl (C=O) groups is 1. The van der Waals surface area contributed by atoms with Crippen LogP contribution >= 0.6 is 24.0 Å².